The van der Waals surface area contributed by atoms with E-state index in [4.69, 9.17) is 0 Å². The number of aliphatic hydroxyl groups is 1. The van der Waals surface area contributed by atoms with Crippen LogP contribution in [0.1, 0.15) is 98.3 Å². The maximum atomic E-state index is 9.96. The predicted octanol–water partition coefficient (Wildman–Crippen LogP) is 5.07. The van der Waals surface area contributed by atoms with Gasteiger partial charge in [0.05, 0.1) is 6.61 Å². The molecule has 0 saturated carbocycles. The van der Waals surface area contributed by atoms with Crippen molar-refractivity contribution in [3.63, 3.8) is 0 Å². The van der Waals surface area contributed by atoms with Crippen LogP contribution in [0.2, 0.25) is 0 Å². The van der Waals surface area contributed by atoms with Crippen molar-refractivity contribution in [1.82, 2.24) is 9.80 Å². The van der Waals surface area contributed by atoms with E-state index in [-0.39, 0.29) is 0 Å². The van der Waals surface area contributed by atoms with E-state index in [1.54, 1.807) is 0 Å². The molecule has 1 fully saturated rings. The summed E-state index contributed by atoms with van der Waals surface area (Å²) in [7, 11) is 0. The fourth-order valence-corrected chi connectivity index (χ4v) is 4.37. The van der Waals surface area contributed by atoms with Crippen molar-refractivity contribution < 1.29 is 5.11 Å². The Morgan fingerprint density at radius 3 is 1.92 bits per heavy atom. The van der Waals surface area contributed by atoms with Crippen molar-refractivity contribution in [3.8, 4) is 0 Å². The minimum absolute atomic E-state index is 0.308. The van der Waals surface area contributed by atoms with Gasteiger partial charge in [0.25, 0.3) is 0 Å². The van der Waals surface area contributed by atoms with Gasteiger partial charge in [-0.3, -0.25) is 9.80 Å². The van der Waals surface area contributed by atoms with Crippen LogP contribution in [0.25, 0.3) is 0 Å². The summed E-state index contributed by atoms with van der Waals surface area (Å²) in [5, 5.41) is 9.96. The van der Waals surface area contributed by atoms with E-state index in [1.165, 1.54) is 77.2 Å². The zero-order chi connectivity index (χ0) is 18.5. The third-order valence-electron chi connectivity index (χ3n) is 6.27. The summed E-state index contributed by atoms with van der Waals surface area (Å²) < 4.78 is 0. The lowest BCUT2D eigenvalue weighted by molar-refractivity contribution is -0.0200. The van der Waals surface area contributed by atoms with Crippen molar-refractivity contribution >= 4 is 0 Å². The highest BCUT2D eigenvalue weighted by Gasteiger charge is 2.36. The Labute approximate surface area is 158 Å². The fourth-order valence-electron chi connectivity index (χ4n) is 4.37. The van der Waals surface area contributed by atoms with Gasteiger partial charge in [-0.25, -0.2) is 0 Å². The first-order valence-electron chi connectivity index (χ1n) is 11.2. The SMILES string of the molecule is CCCCCN1CCN(C(C)(CCCCC)CCCCC)CC1CO. The summed E-state index contributed by atoms with van der Waals surface area (Å²) in [5.74, 6) is 0. The molecule has 1 heterocycles. The van der Waals surface area contributed by atoms with E-state index in [0.29, 0.717) is 18.2 Å². The number of aliphatic hydroxyl groups excluding tert-OH is 1. The van der Waals surface area contributed by atoms with E-state index in [0.717, 1.165) is 19.6 Å². The first kappa shape index (κ1) is 22.9. The molecule has 0 amide bonds. The van der Waals surface area contributed by atoms with Crippen LogP contribution in [-0.4, -0.2) is 59.3 Å². The fraction of sp³-hybridized carbons (Fsp3) is 1.00. The topological polar surface area (TPSA) is 26.7 Å². The molecule has 0 radical (unpaired) electrons. The van der Waals surface area contributed by atoms with Gasteiger partial charge in [0, 0.05) is 31.2 Å². The molecule has 0 aromatic carbocycles. The van der Waals surface area contributed by atoms with Gasteiger partial charge >= 0.3 is 0 Å². The Morgan fingerprint density at radius 2 is 1.40 bits per heavy atom. The highest BCUT2D eigenvalue weighted by Crippen LogP contribution is 2.31. The second-order valence-electron chi connectivity index (χ2n) is 8.44. The molecule has 3 nitrogen and oxygen atoms in total. The van der Waals surface area contributed by atoms with Crippen molar-refractivity contribution in [2.45, 2.75) is 110 Å². The molecule has 0 bridgehead atoms. The lowest BCUT2D eigenvalue weighted by Gasteiger charge is -2.49. The number of hydrogen-bond acceptors (Lipinski definition) is 3. The van der Waals surface area contributed by atoms with Gasteiger partial charge in [0.15, 0.2) is 0 Å². The van der Waals surface area contributed by atoms with Crippen LogP contribution >= 0.6 is 0 Å². The summed E-state index contributed by atoms with van der Waals surface area (Å²) >= 11 is 0. The highest BCUT2D eigenvalue weighted by atomic mass is 16.3. The summed E-state index contributed by atoms with van der Waals surface area (Å²) in [4.78, 5) is 5.28. The molecule has 1 aliphatic rings. The van der Waals surface area contributed by atoms with E-state index >= 15 is 0 Å². The molecule has 1 saturated heterocycles. The Kier molecular flexibility index (Phi) is 12.0. The van der Waals surface area contributed by atoms with Gasteiger partial charge in [-0.05, 0) is 32.7 Å². The smallest absolute Gasteiger partial charge is 0.0599 e. The first-order chi connectivity index (χ1) is 12.1. The summed E-state index contributed by atoms with van der Waals surface area (Å²) in [6, 6.07) is 0.335. The van der Waals surface area contributed by atoms with Crippen molar-refractivity contribution in [2.75, 3.05) is 32.8 Å². The first-order valence-corrected chi connectivity index (χ1v) is 11.2. The zero-order valence-corrected chi connectivity index (χ0v) is 17.7. The minimum atomic E-state index is 0.308. The van der Waals surface area contributed by atoms with Crippen LogP contribution in [0, 0.1) is 0 Å². The molecule has 3 heteroatoms. The standard InChI is InChI=1S/C22H46N2O/c1-5-8-11-14-22(4,15-12-9-6-2)24-18-17-23(16-13-10-7-3)21(19-24)20-25/h21,25H,5-20H2,1-4H3. The van der Waals surface area contributed by atoms with Crippen LogP contribution in [0.5, 0.6) is 0 Å². The van der Waals surface area contributed by atoms with Crippen LogP contribution in [0.3, 0.4) is 0 Å². The van der Waals surface area contributed by atoms with Crippen LogP contribution in [-0.2, 0) is 0 Å². The molecule has 0 aromatic heterocycles. The van der Waals surface area contributed by atoms with Gasteiger partial charge in [0.1, 0.15) is 0 Å². The highest BCUT2D eigenvalue weighted by molar-refractivity contribution is 4.92. The van der Waals surface area contributed by atoms with Crippen LogP contribution < -0.4 is 0 Å². The molecule has 1 rings (SSSR count). The van der Waals surface area contributed by atoms with Gasteiger partial charge in [-0.15, -0.1) is 0 Å². The van der Waals surface area contributed by atoms with Crippen LogP contribution in [0.15, 0.2) is 0 Å². The van der Waals surface area contributed by atoms with Gasteiger partial charge in [-0.1, -0.05) is 72.1 Å². The number of rotatable bonds is 14. The average Bonchev–Trinajstić information content (AvgIpc) is 2.62. The molecule has 0 aliphatic carbocycles. The summed E-state index contributed by atoms with van der Waals surface area (Å²) in [6.45, 7) is 14.2. The Morgan fingerprint density at radius 1 is 0.840 bits per heavy atom. The Hall–Kier alpha value is -0.120. The average molecular weight is 355 g/mol. The van der Waals surface area contributed by atoms with Crippen molar-refractivity contribution in [2.24, 2.45) is 0 Å². The van der Waals surface area contributed by atoms with E-state index in [9.17, 15) is 5.11 Å². The molecule has 25 heavy (non-hydrogen) atoms. The molecule has 1 aliphatic heterocycles. The molecular formula is C22H46N2O. The number of unbranched alkanes of at least 4 members (excludes halogenated alkanes) is 6. The normalized spacial score (nSPS) is 20.3. The van der Waals surface area contributed by atoms with E-state index in [2.05, 4.69) is 37.5 Å². The lowest BCUT2D eigenvalue weighted by Crippen LogP contribution is -2.61. The van der Waals surface area contributed by atoms with Gasteiger partial charge in [-0.2, -0.15) is 0 Å². The maximum Gasteiger partial charge on any atom is 0.0599 e. The number of nitrogens with zero attached hydrogens (tertiary/aromatic N) is 2. The molecule has 0 spiro atoms. The van der Waals surface area contributed by atoms with Crippen molar-refractivity contribution in [1.29, 1.82) is 0 Å². The largest absolute Gasteiger partial charge is 0.395 e. The maximum absolute atomic E-state index is 9.96. The molecular weight excluding hydrogens is 308 g/mol. The summed E-state index contributed by atoms with van der Waals surface area (Å²) in [5.41, 5.74) is 0.327. The van der Waals surface area contributed by atoms with Crippen LogP contribution in [0.4, 0.5) is 0 Å². The molecule has 1 N–H and O–H groups in total. The lowest BCUT2D eigenvalue weighted by atomic mass is 9.85. The Bertz CT molecular complexity index is 311. The Balaban J connectivity index is 2.64. The van der Waals surface area contributed by atoms with E-state index < -0.39 is 0 Å². The minimum Gasteiger partial charge on any atom is -0.395 e. The quantitative estimate of drug-likeness (QED) is 0.441. The third kappa shape index (κ3) is 7.97. The third-order valence-corrected chi connectivity index (χ3v) is 6.27. The molecule has 1 atom stereocenters. The number of piperazine rings is 1. The molecule has 0 aromatic rings. The second-order valence-corrected chi connectivity index (χ2v) is 8.44. The molecule has 150 valence electrons. The van der Waals surface area contributed by atoms with Gasteiger partial charge < -0.3 is 5.11 Å². The van der Waals surface area contributed by atoms with Gasteiger partial charge in [0.2, 0.25) is 0 Å². The second kappa shape index (κ2) is 13.1. The zero-order valence-electron chi connectivity index (χ0n) is 17.7. The monoisotopic (exact) mass is 354 g/mol. The summed E-state index contributed by atoms with van der Waals surface area (Å²) in [6.07, 6.45) is 14.5. The number of hydrogen-bond donors (Lipinski definition) is 1. The van der Waals surface area contributed by atoms with Crippen molar-refractivity contribution in [3.05, 3.63) is 0 Å². The predicted molar refractivity (Wildman–Crippen MR) is 110 cm³/mol. The van der Waals surface area contributed by atoms with E-state index in [1.807, 2.05) is 0 Å². The molecule has 1 unspecified atom stereocenters.